The maximum absolute atomic E-state index is 5.63. The number of hydrogen-bond acceptors (Lipinski definition) is 5. The minimum atomic E-state index is 0.291. The van der Waals surface area contributed by atoms with Crippen LogP contribution in [0.4, 0.5) is 11.6 Å². The lowest BCUT2D eigenvalue weighted by Crippen LogP contribution is -2.33. The standard InChI is InChI=1S/C16H29N5/c1-11(2)14-18-15(20-17)12(3)16(19-14)21(4)13-9-7-5-6-8-10-13/h11,13H,5-10,17H2,1-4H3,(H,18,19,20). The van der Waals surface area contributed by atoms with Crippen molar-refractivity contribution < 1.29 is 0 Å². The number of aromatic nitrogens is 2. The van der Waals surface area contributed by atoms with Crippen LogP contribution in [-0.2, 0) is 0 Å². The molecule has 0 spiro atoms. The van der Waals surface area contributed by atoms with Gasteiger partial charge in [0, 0.05) is 24.6 Å². The molecule has 5 heteroatoms. The summed E-state index contributed by atoms with van der Waals surface area (Å²) >= 11 is 0. The van der Waals surface area contributed by atoms with Crippen LogP contribution in [0.1, 0.15) is 69.7 Å². The van der Waals surface area contributed by atoms with Gasteiger partial charge in [0.25, 0.3) is 0 Å². The second-order valence-corrected chi connectivity index (χ2v) is 6.43. The number of nitrogens with zero attached hydrogens (tertiary/aromatic N) is 3. The Morgan fingerprint density at radius 1 is 1.14 bits per heavy atom. The van der Waals surface area contributed by atoms with Gasteiger partial charge in [-0.3, -0.25) is 0 Å². The van der Waals surface area contributed by atoms with Crippen molar-refractivity contribution in [2.75, 3.05) is 17.4 Å². The number of nitrogens with one attached hydrogen (secondary N) is 1. The summed E-state index contributed by atoms with van der Waals surface area (Å²) < 4.78 is 0. The number of hydrazine groups is 1. The monoisotopic (exact) mass is 291 g/mol. The van der Waals surface area contributed by atoms with Gasteiger partial charge in [0.05, 0.1) is 0 Å². The minimum Gasteiger partial charge on any atom is -0.356 e. The van der Waals surface area contributed by atoms with E-state index in [2.05, 4.69) is 36.2 Å². The zero-order valence-corrected chi connectivity index (χ0v) is 13.8. The second-order valence-electron chi connectivity index (χ2n) is 6.43. The number of rotatable bonds is 4. The lowest BCUT2D eigenvalue weighted by atomic mass is 10.1. The van der Waals surface area contributed by atoms with E-state index in [0.717, 1.165) is 23.0 Å². The molecule has 3 N–H and O–H groups in total. The zero-order valence-electron chi connectivity index (χ0n) is 13.8. The lowest BCUT2D eigenvalue weighted by Gasteiger charge is -2.30. The van der Waals surface area contributed by atoms with Crippen LogP contribution in [0, 0.1) is 6.92 Å². The summed E-state index contributed by atoms with van der Waals surface area (Å²) in [6.45, 7) is 6.27. The van der Waals surface area contributed by atoms with Crippen molar-refractivity contribution in [2.45, 2.75) is 71.3 Å². The minimum absolute atomic E-state index is 0.291. The summed E-state index contributed by atoms with van der Waals surface area (Å²) in [7, 11) is 2.16. The fraction of sp³-hybridized carbons (Fsp3) is 0.750. The van der Waals surface area contributed by atoms with E-state index in [0.29, 0.717) is 12.0 Å². The van der Waals surface area contributed by atoms with Crippen molar-refractivity contribution in [3.63, 3.8) is 0 Å². The van der Waals surface area contributed by atoms with Gasteiger partial charge in [-0.2, -0.15) is 0 Å². The van der Waals surface area contributed by atoms with Crippen LogP contribution in [0.25, 0.3) is 0 Å². The molecule has 0 bridgehead atoms. The first-order valence-electron chi connectivity index (χ1n) is 8.12. The third kappa shape index (κ3) is 3.64. The molecule has 0 amide bonds. The molecule has 1 fully saturated rings. The Kier molecular flexibility index (Phi) is 5.39. The van der Waals surface area contributed by atoms with E-state index in [4.69, 9.17) is 10.8 Å². The van der Waals surface area contributed by atoms with Gasteiger partial charge in [-0.15, -0.1) is 0 Å². The number of hydrogen-bond donors (Lipinski definition) is 2. The molecular weight excluding hydrogens is 262 g/mol. The average Bonchev–Trinajstić information content (AvgIpc) is 2.75. The Morgan fingerprint density at radius 2 is 1.76 bits per heavy atom. The summed E-state index contributed by atoms with van der Waals surface area (Å²) in [5.74, 6) is 8.54. The molecule has 1 heterocycles. The maximum atomic E-state index is 5.63. The van der Waals surface area contributed by atoms with Gasteiger partial charge in [-0.05, 0) is 19.8 Å². The average molecular weight is 291 g/mol. The molecule has 0 saturated heterocycles. The normalized spacial score (nSPS) is 16.9. The fourth-order valence-electron chi connectivity index (χ4n) is 3.08. The molecule has 1 aromatic rings. The van der Waals surface area contributed by atoms with Crippen LogP contribution in [-0.4, -0.2) is 23.1 Å². The van der Waals surface area contributed by atoms with Crippen molar-refractivity contribution in [1.29, 1.82) is 0 Å². The molecule has 5 nitrogen and oxygen atoms in total. The molecule has 21 heavy (non-hydrogen) atoms. The topological polar surface area (TPSA) is 67.1 Å². The summed E-state index contributed by atoms with van der Waals surface area (Å²) in [6.07, 6.45) is 7.86. The summed E-state index contributed by atoms with van der Waals surface area (Å²) in [4.78, 5) is 11.7. The maximum Gasteiger partial charge on any atom is 0.148 e. The van der Waals surface area contributed by atoms with Gasteiger partial charge in [0.15, 0.2) is 0 Å². The van der Waals surface area contributed by atoms with Gasteiger partial charge in [-0.1, -0.05) is 39.5 Å². The predicted octanol–water partition coefficient (Wildman–Crippen LogP) is 3.35. The highest BCUT2D eigenvalue weighted by Crippen LogP contribution is 2.29. The SMILES string of the molecule is Cc1c(NN)nc(C(C)C)nc1N(C)C1CCCCCC1. The summed E-state index contributed by atoms with van der Waals surface area (Å²) in [6, 6.07) is 0.576. The van der Waals surface area contributed by atoms with E-state index < -0.39 is 0 Å². The smallest absolute Gasteiger partial charge is 0.148 e. The Labute approximate surface area is 128 Å². The second kappa shape index (κ2) is 7.07. The Hall–Kier alpha value is -1.36. The molecule has 0 unspecified atom stereocenters. The van der Waals surface area contributed by atoms with Crippen LogP contribution >= 0.6 is 0 Å². The van der Waals surface area contributed by atoms with Crippen LogP contribution < -0.4 is 16.2 Å². The fourth-order valence-corrected chi connectivity index (χ4v) is 3.08. The van der Waals surface area contributed by atoms with E-state index in [1.165, 1.54) is 38.5 Å². The molecule has 2 rings (SSSR count). The van der Waals surface area contributed by atoms with Crippen LogP contribution in [0.5, 0.6) is 0 Å². The van der Waals surface area contributed by atoms with Crippen LogP contribution in [0.15, 0.2) is 0 Å². The highest BCUT2D eigenvalue weighted by atomic mass is 15.3. The highest BCUT2D eigenvalue weighted by Gasteiger charge is 2.22. The Balaban J connectivity index is 2.33. The van der Waals surface area contributed by atoms with Crippen molar-refractivity contribution in [2.24, 2.45) is 5.84 Å². The largest absolute Gasteiger partial charge is 0.356 e. The van der Waals surface area contributed by atoms with E-state index >= 15 is 0 Å². The molecule has 1 aromatic heterocycles. The third-order valence-corrected chi connectivity index (χ3v) is 4.50. The van der Waals surface area contributed by atoms with Crippen LogP contribution in [0.2, 0.25) is 0 Å². The highest BCUT2D eigenvalue weighted by molar-refractivity contribution is 5.58. The van der Waals surface area contributed by atoms with Crippen molar-refractivity contribution in [3.8, 4) is 0 Å². The van der Waals surface area contributed by atoms with Crippen molar-refractivity contribution in [3.05, 3.63) is 11.4 Å². The molecule has 1 saturated carbocycles. The molecule has 0 aliphatic heterocycles. The number of nitrogens with two attached hydrogens (primary N) is 1. The molecule has 0 radical (unpaired) electrons. The van der Waals surface area contributed by atoms with Gasteiger partial charge < -0.3 is 10.3 Å². The third-order valence-electron chi connectivity index (χ3n) is 4.50. The first-order chi connectivity index (χ1) is 10.0. The molecule has 0 atom stereocenters. The van der Waals surface area contributed by atoms with Gasteiger partial charge in [0.2, 0.25) is 0 Å². The first kappa shape index (κ1) is 16.0. The van der Waals surface area contributed by atoms with E-state index in [1.807, 2.05) is 6.92 Å². The summed E-state index contributed by atoms with van der Waals surface area (Å²) in [5.41, 5.74) is 3.76. The molecule has 1 aliphatic rings. The molecule has 0 aromatic carbocycles. The van der Waals surface area contributed by atoms with Crippen molar-refractivity contribution >= 4 is 11.6 Å². The molecular formula is C16H29N5. The predicted molar refractivity (Wildman–Crippen MR) is 88.6 cm³/mol. The number of nitrogen functional groups attached to an aromatic ring is 1. The van der Waals surface area contributed by atoms with E-state index in [-0.39, 0.29) is 0 Å². The Morgan fingerprint density at radius 3 is 2.29 bits per heavy atom. The van der Waals surface area contributed by atoms with Crippen LogP contribution in [0.3, 0.4) is 0 Å². The van der Waals surface area contributed by atoms with E-state index in [9.17, 15) is 0 Å². The van der Waals surface area contributed by atoms with Gasteiger partial charge >= 0.3 is 0 Å². The van der Waals surface area contributed by atoms with Gasteiger partial charge in [0.1, 0.15) is 17.5 Å². The van der Waals surface area contributed by atoms with E-state index in [1.54, 1.807) is 0 Å². The quantitative estimate of drug-likeness (QED) is 0.506. The first-order valence-corrected chi connectivity index (χ1v) is 8.12. The van der Waals surface area contributed by atoms with Crippen molar-refractivity contribution in [1.82, 2.24) is 9.97 Å². The molecule has 118 valence electrons. The zero-order chi connectivity index (χ0) is 15.4. The lowest BCUT2D eigenvalue weighted by molar-refractivity contribution is 0.546. The Bertz CT molecular complexity index is 464. The summed E-state index contributed by atoms with van der Waals surface area (Å²) in [5, 5.41) is 0. The molecule has 1 aliphatic carbocycles. The van der Waals surface area contributed by atoms with Gasteiger partial charge in [-0.25, -0.2) is 15.8 Å². The number of anilines is 2.